The zero-order chi connectivity index (χ0) is 15.5. The fourth-order valence-electron chi connectivity index (χ4n) is 1.97. The summed E-state index contributed by atoms with van der Waals surface area (Å²) in [5.41, 5.74) is 1.17. The molecule has 2 aromatic heterocycles. The Kier molecular flexibility index (Phi) is 3.88. The summed E-state index contributed by atoms with van der Waals surface area (Å²) in [6.45, 7) is 0. The van der Waals surface area contributed by atoms with Gasteiger partial charge in [0.15, 0.2) is 5.13 Å². The van der Waals surface area contributed by atoms with E-state index in [0.717, 1.165) is 4.70 Å². The van der Waals surface area contributed by atoms with Crippen LogP contribution in [0.1, 0.15) is 10.4 Å². The molecule has 1 N–H and O–H groups in total. The Bertz CT molecular complexity index is 818. The maximum Gasteiger partial charge on any atom is 0.259 e. The highest BCUT2D eigenvalue weighted by Gasteiger charge is 2.14. The number of rotatable bonds is 4. The fraction of sp³-hybridized carbons (Fsp3) is 0.133. The molecule has 0 unspecified atom stereocenters. The summed E-state index contributed by atoms with van der Waals surface area (Å²) in [5.74, 6) is 1.03. The molecule has 0 bridgehead atoms. The van der Waals surface area contributed by atoms with Gasteiger partial charge >= 0.3 is 0 Å². The second-order valence-electron chi connectivity index (χ2n) is 4.39. The molecule has 0 aliphatic heterocycles. The first kappa shape index (κ1) is 14.3. The highest BCUT2D eigenvalue weighted by molar-refractivity contribution is 7.22. The average molecular weight is 315 g/mol. The number of fused-ring (bicyclic) bond motifs is 1. The highest BCUT2D eigenvalue weighted by atomic mass is 32.1. The van der Waals surface area contributed by atoms with Crippen LogP contribution in [0.2, 0.25) is 0 Å². The monoisotopic (exact) mass is 315 g/mol. The number of hydrogen-bond acceptors (Lipinski definition) is 6. The van der Waals surface area contributed by atoms with Gasteiger partial charge in [-0.15, -0.1) is 0 Å². The van der Waals surface area contributed by atoms with Crippen molar-refractivity contribution in [1.82, 2.24) is 9.97 Å². The van der Waals surface area contributed by atoms with Crippen LogP contribution in [0, 0.1) is 0 Å². The van der Waals surface area contributed by atoms with Crippen LogP contribution in [0.25, 0.3) is 10.2 Å². The van der Waals surface area contributed by atoms with Crippen LogP contribution in [0.4, 0.5) is 5.13 Å². The molecule has 0 atom stereocenters. The molecule has 6 nitrogen and oxygen atoms in total. The molecule has 1 aromatic carbocycles. The molecule has 0 spiro atoms. The first-order valence-corrected chi connectivity index (χ1v) is 7.27. The van der Waals surface area contributed by atoms with Crippen LogP contribution in [0.5, 0.6) is 11.5 Å². The van der Waals surface area contributed by atoms with Gasteiger partial charge in [-0.25, -0.2) is 4.98 Å². The minimum Gasteiger partial charge on any atom is -0.497 e. The van der Waals surface area contributed by atoms with Crippen molar-refractivity contribution < 1.29 is 14.3 Å². The van der Waals surface area contributed by atoms with Crippen LogP contribution in [0.3, 0.4) is 0 Å². The number of carbonyl (C=O) groups excluding carboxylic acids is 1. The predicted molar refractivity (Wildman–Crippen MR) is 84.9 cm³/mol. The van der Waals surface area contributed by atoms with Gasteiger partial charge in [-0.05, 0) is 18.2 Å². The number of pyridine rings is 1. The second kappa shape index (κ2) is 5.98. The lowest BCUT2D eigenvalue weighted by molar-refractivity contribution is 0.102. The quantitative estimate of drug-likeness (QED) is 0.801. The molecular formula is C15H13N3O3S. The lowest BCUT2D eigenvalue weighted by Crippen LogP contribution is -2.11. The summed E-state index contributed by atoms with van der Waals surface area (Å²) in [7, 11) is 3.16. The molecule has 1 amide bonds. The van der Waals surface area contributed by atoms with Gasteiger partial charge in [0, 0.05) is 18.5 Å². The summed E-state index contributed by atoms with van der Waals surface area (Å²) >= 11 is 1.36. The minimum atomic E-state index is -0.252. The molecule has 22 heavy (non-hydrogen) atoms. The Morgan fingerprint density at radius 3 is 2.82 bits per heavy atom. The van der Waals surface area contributed by atoms with E-state index in [1.165, 1.54) is 17.5 Å². The van der Waals surface area contributed by atoms with Crippen molar-refractivity contribution in [3.05, 3.63) is 42.2 Å². The second-order valence-corrected chi connectivity index (χ2v) is 5.42. The number of thiazole rings is 1. The molecule has 0 radical (unpaired) electrons. The van der Waals surface area contributed by atoms with Gasteiger partial charge in [0.2, 0.25) is 0 Å². The van der Waals surface area contributed by atoms with E-state index < -0.39 is 0 Å². The van der Waals surface area contributed by atoms with Crippen molar-refractivity contribution in [2.45, 2.75) is 0 Å². The lowest BCUT2D eigenvalue weighted by Gasteiger charge is -2.03. The molecule has 2 heterocycles. The molecular weight excluding hydrogens is 302 g/mol. The number of ether oxygens (including phenoxy) is 2. The third-order valence-corrected chi connectivity index (χ3v) is 3.95. The Hall–Kier alpha value is -2.67. The van der Waals surface area contributed by atoms with E-state index in [4.69, 9.17) is 9.47 Å². The van der Waals surface area contributed by atoms with Crippen molar-refractivity contribution in [3.63, 3.8) is 0 Å². The number of aromatic nitrogens is 2. The third-order valence-electron chi connectivity index (χ3n) is 3.03. The molecule has 0 fully saturated rings. The van der Waals surface area contributed by atoms with Crippen LogP contribution in [0.15, 0.2) is 36.7 Å². The summed E-state index contributed by atoms with van der Waals surface area (Å²) in [6, 6.07) is 7.02. The lowest BCUT2D eigenvalue weighted by atomic mass is 10.3. The number of methoxy groups -OCH3 is 2. The van der Waals surface area contributed by atoms with Crippen molar-refractivity contribution in [1.29, 1.82) is 0 Å². The van der Waals surface area contributed by atoms with Gasteiger partial charge < -0.3 is 9.47 Å². The van der Waals surface area contributed by atoms with E-state index in [0.29, 0.717) is 27.7 Å². The molecule has 0 saturated carbocycles. The summed E-state index contributed by atoms with van der Waals surface area (Å²) in [5, 5.41) is 3.26. The van der Waals surface area contributed by atoms with E-state index in [-0.39, 0.29) is 5.91 Å². The SMILES string of the molecule is COc1cc(OC)c2nc(NC(=O)c3cccnc3)sc2c1. The summed E-state index contributed by atoms with van der Waals surface area (Å²) in [4.78, 5) is 20.5. The first-order chi connectivity index (χ1) is 10.7. The van der Waals surface area contributed by atoms with Crippen molar-refractivity contribution in [2.75, 3.05) is 19.5 Å². The van der Waals surface area contributed by atoms with E-state index in [1.54, 1.807) is 38.6 Å². The van der Waals surface area contributed by atoms with Crippen LogP contribution < -0.4 is 14.8 Å². The predicted octanol–water partition coefficient (Wildman–Crippen LogP) is 2.96. The number of nitrogens with one attached hydrogen (secondary N) is 1. The minimum absolute atomic E-state index is 0.252. The summed E-state index contributed by atoms with van der Waals surface area (Å²) < 4.78 is 11.4. The Balaban J connectivity index is 1.94. The number of anilines is 1. The van der Waals surface area contributed by atoms with Crippen molar-refractivity contribution >= 4 is 32.6 Å². The van der Waals surface area contributed by atoms with Gasteiger partial charge in [0.1, 0.15) is 17.0 Å². The number of carbonyl (C=O) groups is 1. The zero-order valence-corrected chi connectivity index (χ0v) is 12.8. The number of amides is 1. The molecule has 0 aliphatic carbocycles. The third kappa shape index (κ3) is 2.71. The Morgan fingerprint density at radius 1 is 1.27 bits per heavy atom. The van der Waals surface area contributed by atoms with Gasteiger partial charge in [-0.3, -0.25) is 15.1 Å². The fourth-order valence-corrected chi connectivity index (χ4v) is 2.87. The normalized spacial score (nSPS) is 10.5. The van der Waals surface area contributed by atoms with Gasteiger partial charge in [0.25, 0.3) is 5.91 Å². The van der Waals surface area contributed by atoms with E-state index in [2.05, 4.69) is 15.3 Å². The van der Waals surface area contributed by atoms with Gasteiger partial charge in [-0.2, -0.15) is 0 Å². The highest BCUT2D eigenvalue weighted by Crippen LogP contribution is 2.36. The van der Waals surface area contributed by atoms with Crippen molar-refractivity contribution in [3.8, 4) is 11.5 Å². The number of hydrogen-bond donors (Lipinski definition) is 1. The molecule has 7 heteroatoms. The van der Waals surface area contributed by atoms with Crippen molar-refractivity contribution in [2.24, 2.45) is 0 Å². The largest absolute Gasteiger partial charge is 0.497 e. The number of nitrogens with zero attached hydrogens (tertiary/aromatic N) is 2. The van der Waals surface area contributed by atoms with Crippen LogP contribution in [-0.4, -0.2) is 30.1 Å². The standard InChI is InChI=1S/C15H13N3O3S/c1-20-10-6-11(21-2)13-12(7-10)22-15(17-13)18-14(19)9-4-3-5-16-8-9/h3-8H,1-2H3,(H,17,18,19). The number of benzene rings is 1. The molecule has 0 aliphatic rings. The maximum absolute atomic E-state index is 12.1. The topological polar surface area (TPSA) is 73.3 Å². The molecule has 112 valence electrons. The van der Waals surface area contributed by atoms with Gasteiger partial charge in [0.05, 0.1) is 24.5 Å². The van der Waals surface area contributed by atoms with Gasteiger partial charge in [-0.1, -0.05) is 11.3 Å². The van der Waals surface area contributed by atoms with E-state index in [1.807, 2.05) is 6.07 Å². The molecule has 3 aromatic rings. The zero-order valence-electron chi connectivity index (χ0n) is 12.0. The van der Waals surface area contributed by atoms with Crippen LogP contribution >= 0.6 is 11.3 Å². The van der Waals surface area contributed by atoms with E-state index >= 15 is 0 Å². The maximum atomic E-state index is 12.1. The van der Waals surface area contributed by atoms with E-state index in [9.17, 15) is 4.79 Å². The Morgan fingerprint density at radius 2 is 2.14 bits per heavy atom. The molecule has 0 saturated heterocycles. The summed E-state index contributed by atoms with van der Waals surface area (Å²) in [6.07, 6.45) is 3.12. The average Bonchev–Trinajstić information content (AvgIpc) is 2.96. The van der Waals surface area contributed by atoms with Crippen LogP contribution in [-0.2, 0) is 0 Å². The Labute approximate surface area is 130 Å². The smallest absolute Gasteiger partial charge is 0.259 e. The first-order valence-electron chi connectivity index (χ1n) is 6.45. The molecule has 3 rings (SSSR count).